The fourth-order valence-corrected chi connectivity index (χ4v) is 2.67. The summed E-state index contributed by atoms with van der Waals surface area (Å²) >= 11 is 0. The van der Waals surface area contributed by atoms with E-state index >= 15 is 0 Å². The van der Waals surface area contributed by atoms with Crippen molar-refractivity contribution in [1.82, 2.24) is 10.2 Å². The minimum absolute atomic E-state index is 0.0431. The Morgan fingerprint density at radius 2 is 2.10 bits per heavy atom. The molecule has 116 valence electrons. The number of nitrogens with one attached hydrogen (secondary N) is 1. The van der Waals surface area contributed by atoms with Gasteiger partial charge in [-0.2, -0.15) is 13.2 Å². The van der Waals surface area contributed by atoms with Crippen molar-refractivity contribution in [2.75, 3.05) is 20.1 Å². The Balaban J connectivity index is 2.10. The molecular weight excluding hydrogens is 281 g/mol. The summed E-state index contributed by atoms with van der Waals surface area (Å²) in [5.41, 5.74) is -0.679. The van der Waals surface area contributed by atoms with Crippen molar-refractivity contribution in [3.63, 3.8) is 0 Å². The Hall–Kier alpha value is -1.56. The van der Waals surface area contributed by atoms with Crippen molar-refractivity contribution in [3.8, 4) is 0 Å². The summed E-state index contributed by atoms with van der Waals surface area (Å²) in [6.07, 6.45) is -2.77. The predicted octanol–water partition coefficient (Wildman–Crippen LogP) is 2.46. The zero-order valence-electron chi connectivity index (χ0n) is 11.9. The number of hydrogen-bond donors (Lipinski definition) is 1. The lowest BCUT2D eigenvalue weighted by atomic mass is 10.0. The van der Waals surface area contributed by atoms with Gasteiger partial charge >= 0.3 is 6.18 Å². The maximum Gasteiger partial charge on any atom is 0.416 e. The number of likely N-dealkylation sites (tertiary alicyclic amines) is 1. The molecule has 1 saturated heterocycles. The quantitative estimate of drug-likeness (QED) is 0.930. The normalized spacial score (nSPS) is 19.6. The Kier molecular flexibility index (Phi) is 4.88. The zero-order valence-corrected chi connectivity index (χ0v) is 11.9. The molecule has 3 nitrogen and oxygen atoms in total. The maximum atomic E-state index is 12.9. The van der Waals surface area contributed by atoms with Gasteiger partial charge in [-0.25, -0.2) is 0 Å². The second-order valence-electron chi connectivity index (χ2n) is 5.30. The summed E-state index contributed by atoms with van der Waals surface area (Å²) in [5.74, 6) is -0.244. The van der Waals surface area contributed by atoms with Crippen molar-refractivity contribution in [1.29, 1.82) is 0 Å². The van der Waals surface area contributed by atoms with Crippen LogP contribution in [-0.4, -0.2) is 37.0 Å². The SMILES string of the molecule is CN[C@@H]1CCCN(C(=O)Cc2ccccc2C(F)(F)F)C1. The highest BCUT2D eigenvalue weighted by atomic mass is 19.4. The Labute approximate surface area is 122 Å². The fraction of sp³-hybridized carbons (Fsp3) is 0.533. The molecule has 0 radical (unpaired) electrons. The molecule has 0 spiro atoms. The molecule has 0 unspecified atom stereocenters. The van der Waals surface area contributed by atoms with Gasteiger partial charge in [0.2, 0.25) is 5.91 Å². The number of halogens is 3. The molecule has 1 aromatic carbocycles. The van der Waals surface area contributed by atoms with Crippen molar-refractivity contribution in [2.45, 2.75) is 31.5 Å². The molecule has 1 fully saturated rings. The Morgan fingerprint density at radius 1 is 1.38 bits per heavy atom. The van der Waals surface area contributed by atoms with Crippen LogP contribution in [0.4, 0.5) is 13.2 Å². The molecule has 1 aliphatic rings. The van der Waals surface area contributed by atoms with Crippen molar-refractivity contribution < 1.29 is 18.0 Å². The Morgan fingerprint density at radius 3 is 2.76 bits per heavy atom. The van der Waals surface area contributed by atoms with Gasteiger partial charge in [0.25, 0.3) is 0 Å². The van der Waals surface area contributed by atoms with Crippen LogP contribution in [0.15, 0.2) is 24.3 Å². The van der Waals surface area contributed by atoms with E-state index in [4.69, 9.17) is 0 Å². The number of nitrogens with zero attached hydrogens (tertiary/aromatic N) is 1. The lowest BCUT2D eigenvalue weighted by Gasteiger charge is -2.32. The van der Waals surface area contributed by atoms with Gasteiger partial charge in [0.1, 0.15) is 0 Å². The van der Waals surface area contributed by atoms with Crippen LogP contribution in [0.5, 0.6) is 0 Å². The van der Waals surface area contributed by atoms with Gasteiger partial charge in [0.15, 0.2) is 0 Å². The van der Waals surface area contributed by atoms with Crippen LogP contribution in [0, 0.1) is 0 Å². The van der Waals surface area contributed by atoms with E-state index in [1.54, 1.807) is 4.90 Å². The molecule has 1 N–H and O–H groups in total. The smallest absolute Gasteiger partial charge is 0.341 e. The van der Waals surface area contributed by atoms with Crippen molar-refractivity contribution in [3.05, 3.63) is 35.4 Å². The first-order chi connectivity index (χ1) is 9.91. The molecule has 2 rings (SSSR count). The highest BCUT2D eigenvalue weighted by Crippen LogP contribution is 2.32. The lowest BCUT2D eigenvalue weighted by Crippen LogP contribution is -2.47. The third-order valence-corrected chi connectivity index (χ3v) is 3.85. The number of carbonyl (C=O) groups excluding carboxylic acids is 1. The lowest BCUT2D eigenvalue weighted by molar-refractivity contribution is -0.138. The molecule has 21 heavy (non-hydrogen) atoms. The summed E-state index contributed by atoms with van der Waals surface area (Å²) in [4.78, 5) is 13.9. The van der Waals surface area contributed by atoms with E-state index in [0.717, 1.165) is 18.9 Å². The van der Waals surface area contributed by atoms with E-state index in [0.29, 0.717) is 13.1 Å². The van der Waals surface area contributed by atoms with Gasteiger partial charge in [0.05, 0.1) is 12.0 Å². The number of alkyl halides is 3. The van der Waals surface area contributed by atoms with Gasteiger partial charge in [0, 0.05) is 19.1 Å². The molecule has 1 aliphatic heterocycles. The maximum absolute atomic E-state index is 12.9. The number of piperidine rings is 1. The Bertz CT molecular complexity index is 502. The third kappa shape index (κ3) is 3.97. The van der Waals surface area contributed by atoms with Crippen LogP contribution in [0.3, 0.4) is 0 Å². The van der Waals surface area contributed by atoms with Crippen LogP contribution >= 0.6 is 0 Å². The van der Waals surface area contributed by atoms with Gasteiger partial charge in [-0.15, -0.1) is 0 Å². The standard InChI is InChI=1S/C15H19F3N2O/c1-19-12-6-4-8-20(10-12)14(21)9-11-5-2-3-7-13(11)15(16,17)18/h2-3,5,7,12,19H,4,6,8-10H2,1H3/t12-/m1/s1. The first kappa shape index (κ1) is 15.8. The first-order valence-electron chi connectivity index (χ1n) is 7.02. The number of hydrogen-bond acceptors (Lipinski definition) is 2. The molecule has 1 heterocycles. The van der Waals surface area contributed by atoms with Crippen molar-refractivity contribution in [2.24, 2.45) is 0 Å². The van der Waals surface area contributed by atoms with E-state index in [-0.39, 0.29) is 23.9 Å². The van der Waals surface area contributed by atoms with E-state index in [9.17, 15) is 18.0 Å². The number of carbonyl (C=O) groups is 1. The number of amides is 1. The molecule has 1 aromatic rings. The van der Waals surface area contributed by atoms with Crippen LogP contribution in [0.2, 0.25) is 0 Å². The molecule has 0 aliphatic carbocycles. The monoisotopic (exact) mass is 300 g/mol. The summed E-state index contributed by atoms with van der Waals surface area (Å²) in [6, 6.07) is 5.50. The fourth-order valence-electron chi connectivity index (χ4n) is 2.67. The average molecular weight is 300 g/mol. The number of likely N-dealkylation sites (N-methyl/N-ethyl adjacent to an activating group) is 1. The van der Waals surface area contributed by atoms with Crippen LogP contribution in [-0.2, 0) is 17.4 Å². The number of rotatable bonds is 3. The minimum Gasteiger partial charge on any atom is -0.341 e. The van der Waals surface area contributed by atoms with E-state index in [1.807, 2.05) is 7.05 Å². The second-order valence-corrected chi connectivity index (χ2v) is 5.30. The largest absolute Gasteiger partial charge is 0.416 e. The summed E-state index contributed by atoms with van der Waals surface area (Å²) in [5, 5.41) is 3.11. The highest BCUT2D eigenvalue weighted by Gasteiger charge is 2.34. The predicted molar refractivity (Wildman–Crippen MR) is 73.8 cm³/mol. The van der Waals surface area contributed by atoms with E-state index in [2.05, 4.69) is 5.32 Å². The first-order valence-corrected chi connectivity index (χ1v) is 7.02. The van der Waals surface area contributed by atoms with Gasteiger partial charge in [-0.05, 0) is 31.5 Å². The summed E-state index contributed by atoms with van der Waals surface area (Å²) < 4.78 is 38.8. The molecule has 1 amide bonds. The molecule has 0 bridgehead atoms. The van der Waals surface area contributed by atoms with Gasteiger partial charge < -0.3 is 10.2 Å². The van der Waals surface area contributed by atoms with E-state index in [1.165, 1.54) is 18.2 Å². The van der Waals surface area contributed by atoms with Crippen LogP contribution < -0.4 is 5.32 Å². The molecule has 0 saturated carbocycles. The topological polar surface area (TPSA) is 32.3 Å². The van der Waals surface area contributed by atoms with Crippen molar-refractivity contribution >= 4 is 5.91 Å². The van der Waals surface area contributed by atoms with Crippen LogP contribution in [0.25, 0.3) is 0 Å². The minimum atomic E-state index is -4.42. The van der Waals surface area contributed by atoms with E-state index < -0.39 is 11.7 Å². The molecular formula is C15H19F3N2O. The molecule has 1 atom stereocenters. The summed E-state index contributed by atoms with van der Waals surface area (Å²) in [6.45, 7) is 1.18. The zero-order chi connectivity index (χ0) is 15.5. The van der Waals surface area contributed by atoms with Crippen LogP contribution in [0.1, 0.15) is 24.0 Å². The molecule has 0 aromatic heterocycles. The highest BCUT2D eigenvalue weighted by molar-refractivity contribution is 5.79. The van der Waals surface area contributed by atoms with Gasteiger partial charge in [-0.3, -0.25) is 4.79 Å². The van der Waals surface area contributed by atoms with Gasteiger partial charge in [-0.1, -0.05) is 18.2 Å². The number of benzene rings is 1. The second kappa shape index (κ2) is 6.47. The summed E-state index contributed by atoms with van der Waals surface area (Å²) in [7, 11) is 1.83. The average Bonchev–Trinajstić information content (AvgIpc) is 2.46. The molecule has 6 heteroatoms. The third-order valence-electron chi connectivity index (χ3n) is 3.85.